The van der Waals surface area contributed by atoms with Crippen LogP contribution in [0.25, 0.3) is 0 Å². The summed E-state index contributed by atoms with van der Waals surface area (Å²) < 4.78 is 6.66. The lowest BCUT2D eigenvalue weighted by Crippen LogP contribution is -2.27. The van der Waals surface area contributed by atoms with E-state index in [1.165, 1.54) is 10.9 Å². The van der Waals surface area contributed by atoms with E-state index in [-0.39, 0.29) is 18.1 Å². The summed E-state index contributed by atoms with van der Waals surface area (Å²) in [6.45, 7) is 3.00. The molecule has 1 heterocycles. The number of nitrogens with zero attached hydrogens (tertiary/aromatic N) is 3. The summed E-state index contributed by atoms with van der Waals surface area (Å²) in [5, 5.41) is 18.5. The number of carbonyl (C=O) groups is 2. The van der Waals surface area contributed by atoms with Crippen molar-refractivity contribution in [3.63, 3.8) is 0 Å². The number of amides is 1. The first-order valence-corrected chi connectivity index (χ1v) is 7.20. The van der Waals surface area contributed by atoms with Crippen molar-refractivity contribution < 1.29 is 19.4 Å². The van der Waals surface area contributed by atoms with Crippen molar-refractivity contribution in [3.05, 3.63) is 41.7 Å². The molecule has 2 aromatic rings. The normalized spacial score (nSPS) is 10.3. The van der Waals surface area contributed by atoms with Crippen LogP contribution in [0.1, 0.15) is 29.4 Å². The molecule has 1 amide bonds. The van der Waals surface area contributed by atoms with Crippen molar-refractivity contribution in [2.75, 3.05) is 6.61 Å². The van der Waals surface area contributed by atoms with Gasteiger partial charge in [-0.2, -0.15) is 0 Å². The molecule has 0 aliphatic rings. The summed E-state index contributed by atoms with van der Waals surface area (Å²) in [7, 11) is 0. The van der Waals surface area contributed by atoms with E-state index in [4.69, 9.17) is 9.84 Å². The fourth-order valence-electron chi connectivity index (χ4n) is 1.80. The smallest absolute Gasteiger partial charge is 0.358 e. The van der Waals surface area contributed by atoms with Gasteiger partial charge in [-0.05, 0) is 24.1 Å². The molecule has 23 heavy (non-hydrogen) atoms. The number of ether oxygens (including phenoxy) is 1. The van der Waals surface area contributed by atoms with Gasteiger partial charge in [-0.15, -0.1) is 5.10 Å². The lowest BCUT2D eigenvalue weighted by molar-refractivity contribution is -0.122. The lowest BCUT2D eigenvalue weighted by Gasteiger charge is -2.07. The molecule has 0 saturated heterocycles. The number of carbonyl (C=O) groups excluding carboxylic acids is 1. The van der Waals surface area contributed by atoms with Crippen molar-refractivity contribution in [1.29, 1.82) is 0 Å². The second-order valence-electron chi connectivity index (χ2n) is 4.88. The molecule has 0 saturated carbocycles. The van der Waals surface area contributed by atoms with Crippen molar-refractivity contribution in [2.24, 2.45) is 0 Å². The van der Waals surface area contributed by atoms with Gasteiger partial charge in [-0.3, -0.25) is 4.79 Å². The molecule has 0 fully saturated rings. The zero-order valence-corrected chi connectivity index (χ0v) is 12.7. The van der Waals surface area contributed by atoms with Crippen molar-refractivity contribution >= 4 is 11.9 Å². The molecule has 1 aromatic heterocycles. The van der Waals surface area contributed by atoms with Gasteiger partial charge in [-0.1, -0.05) is 24.3 Å². The number of hydrogen-bond acceptors (Lipinski definition) is 5. The minimum Gasteiger partial charge on any atom is -0.494 e. The SMILES string of the molecule is CCCOc1ccc(CNC(=O)Cn2cc(C(=O)O)nn2)cc1. The summed E-state index contributed by atoms with van der Waals surface area (Å²) >= 11 is 0. The number of aromatic nitrogens is 3. The third kappa shape index (κ3) is 5.10. The van der Waals surface area contributed by atoms with Crippen LogP contribution in [-0.4, -0.2) is 38.6 Å². The van der Waals surface area contributed by atoms with Crippen molar-refractivity contribution in [2.45, 2.75) is 26.4 Å². The number of carboxylic acids is 1. The zero-order valence-electron chi connectivity index (χ0n) is 12.7. The molecule has 8 nitrogen and oxygen atoms in total. The Kier molecular flexibility index (Phi) is 5.67. The molecule has 0 unspecified atom stereocenters. The number of benzene rings is 1. The molecule has 0 aliphatic heterocycles. The third-order valence-electron chi connectivity index (χ3n) is 2.95. The molecule has 0 aliphatic carbocycles. The highest BCUT2D eigenvalue weighted by Gasteiger charge is 2.10. The average molecular weight is 318 g/mol. The molecule has 0 spiro atoms. The highest BCUT2D eigenvalue weighted by Crippen LogP contribution is 2.12. The maximum absolute atomic E-state index is 11.8. The van der Waals surface area contributed by atoms with Gasteiger partial charge in [0.2, 0.25) is 5.91 Å². The average Bonchev–Trinajstić information content (AvgIpc) is 3.00. The van der Waals surface area contributed by atoms with Crippen LogP contribution in [0.15, 0.2) is 30.5 Å². The monoisotopic (exact) mass is 318 g/mol. The molecule has 1 aromatic carbocycles. The van der Waals surface area contributed by atoms with Gasteiger partial charge in [0.05, 0.1) is 12.8 Å². The fourth-order valence-corrected chi connectivity index (χ4v) is 1.80. The first-order valence-electron chi connectivity index (χ1n) is 7.20. The Labute approximate surface area is 133 Å². The van der Waals surface area contributed by atoms with Crippen LogP contribution < -0.4 is 10.1 Å². The summed E-state index contributed by atoms with van der Waals surface area (Å²) in [4.78, 5) is 22.5. The lowest BCUT2D eigenvalue weighted by atomic mass is 10.2. The quantitative estimate of drug-likeness (QED) is 0.754. The summed E-state index contributed by atoms with van der Waals surface area (Å²) in [6, 6.07) is 7.47. The minimum absolute atomic E-state index is 0.0853. The Hall–Kier alpha value is -2.90. The van der Waals surface area contributed by atoms with Gasteiger partial charge in [0, 0.05) is 6.54 Å². The van der Waals surface area contributed by atoms with Crippen LogP contribution in [0.2, 0.25) is 0 Å². The van der Waals surface area contributed by atoms with E-state index >= 15 is 0 Å². The van der Waals surface area contributed by atoms with E-state index in [0.29, 0.717) is 13.2 Å². The molecule has 2 N–H and O–H groups in total. The molecule has 122 valence electrons. The zero-order chi connectivity index (χ0) is 16.7. The van der Waals surface area contributed by atoms with E-state index in [1.807, 2.05) is 31.2 Å². The van der Waals surface area contributed by atoms with E-state index < -0.39 is 5.97 Å². The van der Waals surface area contributed by atoms with Crippen LogP contribution in [0.4, 0.5) is 0 Å². The number of hydrogen-bond donors (Lipinski definition) is 2. The standard InChI is InChI=1S/C15H18N4O4/c1-2-7-23-12-5-3-11(4-6-12)8-16-14(20)10-19-9-13(15(21)22)17-18-19/h3-6,9H,2,7-8,10H2,1H3,(H,16,20)(H,21,22). The first-order chi connectivity index (χ1) is 11.1. The first kappa shape index (κ1) is 16.5. The summed E-state index contributed by atoms with van der Waals surface area (Å²) in [5.41, 5.74) is 0.743. The molecule has 0 atom stereocenters. The number of rotatable bonds is 8. The summed E-state index contributed by atoms with van der Waals surface area (Å²) in [6.07, 6.45) is 2.16. The Bertz CT molecular complexity index is 666. The van der Waals surface area contributed by atoms with Gasteiger partial charge >= 0.3 is 5.97 Å². The number of carboxylic acid groups (broad SMARTS) is 1. The maximum Gasteiger partial charge on any atom is 0.358 e. The van der Waals surface area contributed by atoms with Gasteiger partial charge in [-0.25, -0.2) is 9.48 Å². The molecule has 0 radical (unpaired) electrons. The highest BCUT2D eigenvalue weighted by molar-refractivity contribution is 5.84. The molecular formula is C15H18N4O4. The fraction of sp³-hybridized carbons (Fsp3) is 0.333. The number of aromatic carboxylic acids is 1. The maximum atomic E-state index is 11.8. The third-order valence-corrected chi connectivity index (χ3v) is 2.95. The Morgan fingerprint density at radius 1 is 1.30 bits per heavy atom. The highest BCUT2D eigenvalue weighted by atomic mass is 16.5. The van der Waals surface area contributed by atoms with Crippen LogP contribution >= 0.6 is 0 Å². The van der Waals surface area contributed by atoms with Crippen LogP contribution in [0.3, 0.4) is 0 Å². The summed E-state index contributed by atoms with van der Waals surface area (Å²) in [5.74, 6) is -0.661. The van der Waals surface area contributed by atoms with Gasteiger partial charge in [0.1, 0.15) is 12.3 Å². The van der Waals surface area contributed by atoms with Crippen molar-refractivity contribution in [1.82, 2.24) is 20.3 Å². The predicted molar refractivity (Wildman–Crippen MR) is 81.1 cm³/mol. The van der Waals surface area contributed by atoms with Crippen LogP contribution in [-0.2, 0) is 17.9 Å². The Balaban J connectivity index is 1.80. The van der Waals surface area contributed by atoms with E-state index in [1.54, 1.807) is 0 Å². The second-order valence-corrected chi connectivity index (χ2v) is 4.88. The van der Waals surface area contributed by atoms with Gasteiger partial charge in [0.15, 0.2) is 5.69 Å². The molecule has 2 rings (SSSR count). The largest absolute Gasteiger partial charge is 0.494 e. The van der Waals surface area contributed by atoms with E-state index in [0.717, 1.165) is 17.7 Å². The second kappa shape index (κ2) is 7.92. The van der Waals surface area contributed by atoms with E-state index in [9.17, 15) is 9.59 Å². The molecular weight excluding hydrogens is 300 g/mol. The molecule has 8 heteroatoms. The topological polar surface area (TPSA) is 106 Å². The Morgan fingerprint density at radius 2 is 2.04 bits per heavy atom. The predicted octanol–water partition coefficient (Wildman–Crippen LogP) is 1.08. The number of nitrogens with one attached hydrogen (secondary N) is 1. The van der Waals surface area contributed by atoms with Crippen LogP contribution in [0.5, 0.6) is 5.75 Å². The van der Waals surface area contributed by atoms with E-state index in [2.05, 4.69) is 15.6 Å². The van der Waals surface area contributed by atoms with Gasteiger partial charge in [0.25, 0.3) is 0 Å². The Morgan fingerprint density at radius 3 is 2.65 bits per heavy atom. The van der Waals surface area contributed by atoms with Crippen molar-refractivity contribution in [3.8, 4) is 5.75 Å². The molecule has 0 bridgehead atoms. The van der Waals surface area contributed by atoms with Gasteiger partial charge < -0.3 is 15.2 Å². The van der Waals surface area contributed by atoms with Crippen LogP contribution in [0, 0.1) is 0 Å². The minimum atomic E-state index is -1.18.